The molecule has 1 aromatic carbocycles. The van der Waals surface area contributed by atoms with E-state index in [1.807, 2.05) is 30.3 Å². The monoisotopic (exact) mass is 279 g/mol. The van der Waals surface area contributed by atoms with Crippen molar-refractivity contribution >= 4 is 11.9 Å². The van der Waals surface area contributed by atoms with Crippen LogP contribution in [0.25, 0.3) is 0 Å². The Balaban J connectivity index is 2.72. The first-order valence-corrected chi connectivity index (χ1v) is 6.43. The van der Waals surface area contributed by atoms with E-state index in [0.717, 1.165) is 5.56 Å². The molecule has 110 valence electrons. The maximum Gasteiger partial charge on any atom is 0.309 e. The Labute approximate surface area is 118 Å². The normalized spacial score (nSPS) is 12.8. The van der Waals surface area contributed by atoms with E-state index < -0.39 is 11.4 Å². The van der Waals surface area contributed by atoms with Crippen molar-refractivity contribution in [2.24, 2.45) is 5.41 Å². The molecule has 0 spiro atoms. The standard InChI is InChI=1S/C15H21NO4/c1-15(2,14(18)19)9-13(17)16-12(10-20-3)11-7-5-4-6-8-11/h4-8,12H,9-10H2,1-3H3,(H,16,17)(H,18,19). The number of hydrogen-bond acceptors (Lipinski definition) is 3. The van der Waals surface area contributed by atoms with Gasteiger partial charge < -0.3 is 15.2 Å². The van der Waals surface area contributed by atoms with Crippen LogP contribution in [0.2, 0.25) is 0 Å². The summed E-state index contributed by atoms with van der Waals surface area (Å²) in [7, 11) is 1.56. The average Bonchev–Trinajstić information content (AvgIpc) is 2.38. The molecular formula is C15H21NO4. The highest BCUT2D eigenvalue weighted by Crippen LogP contribution is 2.21. The molecule has 0 aliphatic carbocycles. The molecule has 20 heavy (non-hydrogen) atoms. The predicted octanol–water partition coefficient (Wildman–Crippen LogP) is 1.99. The van der Waals surface area contributed by atoms with Crippen LogP contribution < -0.4 is 5.32 Å². The van der Waals surface area contributed by atoms with Gasteiger partial charge in [0.25, 0.3) is 0 Å². The summed E-state index contributed by atoms with van der Waals surface area (Å²) in [5, 5.41) is 11.9. The van der Waals surface area contributed by atoms with Gasteiger partial charge in [-0.05, 0) is 19.4 Å². The van der Waals surface area contributed by atoms with Crippen molar-refractivity contribution in [1.82, 2.24) is 5.32 Å². The van der Waals surface area contributed by atoms with Gasteiger partial charge in [-0.2, -0.15) is 0 Å². The molecule has 0 bridgehead atoms. The number of hydrogen-bond donors (Lipinski definition) is 2. The fourth-order valence-electron chi connectivity index (χ4n) is 1.80. The van der Waals surface area contributed by atoms with Gasteiger partial charge in [-0.1, -0.05) is 30.3 Å². The van der Waals surface area contributed by atoms with E-state index in [1.165, 1.54) is 13.8 Å². The molecule has 0 aliphatic heterocycles. The molecule has 0 fully saturated rings. The number of rotatable bonds is 7. The Morgan fingerprint density at radius 1 is 1.30 bits per heavy atom. The van der Waals surface area contributed by atoms with Crippen LogP contribution in [0.4, 0.5) is 0 Å². The lowest BCUT2D eigenvalue weighted by Crippen LogP contribution is -2.36. The number of nitrogens with one attached hydrogen (secondary N) is 1. The van der Waals surface area contributed by atoms with Crippen LogP contribution in [0.5, 0.6) is 0 Å². The first kappa shape index (κ1) is 16.2. The lowest BCUT2D eigenvalue weighted by atomic mass is 9.89. The summed E-state index contributed by atoms with van der Waals surface area (Å²) in [6.45, 7) is 3.40. The highest BCUT2D eigenvalue weighted by molar-refractivity contribution is 5.84. The van der Waals surface area contributed by atoms with Crippen molar-refractivity contribution in [3.8, 4) is 0 Å². The fraction of sp³-hybridized carbons (Fsp3) is 0.467. The number of benzene rings is 1. The van der Waals surface area contributed by atoms with Gasteiger partial charge in [0.15, 0.2) is 0 Å². The summed E-state index contributed by atoms with van der Waals surface area (Å²) in [6.07, 6.45) is -0.0740. The summed E-state index contributed by atoms with van der Waals surface area (Å²) in [5.41, 5.74) is -0.158. The van der Waals surface area contributed by atoms with Gasteiger partial charge in [0.05, 0.1) is 18.1 Å². The van der Waals surface area contributed by atoms with Gasteiger partial charge in [-0.25, -0.2) is 0 Å². The van der Waals surface area contributed by atoms with Gasteiger partial charge in [-0.15, -0.1) is 0 Å². The summed E-state index contributed by atoms with van der Waals surface area (Å²) in [4.78, 5) is 23.0. The number of ether oxygens (including phenoxy) is 1. The Morgan fingerprint density at radius 3 is 2.40 bits per heavy atom. The van der Waals surface area contributed by atoms with E-state index in [0.29, 0.717) is 6.61 Å². The zero-order chi connectivity index (χ0) is 15.2. The molecule has 1 amide bonds. The molecular weight excluding hydrogens is 258 g/mol. The third-order valence-electron chi connectivity index (χ3n) is 3.05. The molecule has 0 saturated carbocycles. The van der Waals surface area contributed by atoms with Crippen LogP contribution in [-0.2, 0) is 14.3 Å². The van der Waals surface area contributed by atoms with E-state index in [9.17, 15) is 9.59 Å². The Morgan fingerprint density at radius 2 is 1.90 bits per heavy atom. The Kier molecular flexibility index (Phi) is 5.70. The molecule has 0 heterocycles. The number of carboxylic acid groups (broad SMARTS) is 1. The third-order valence-corrected chi connectivity index (χ3v) is 3.05. The van der Waals surface area contributed by atoms with E-state index in [2.05, 4.69) is 5.32 Å². The number of methoxy groups -OCH3 is 1. The fourth-order valence-corrected chi connectivity index (χ4v) is 1.80. The van der Waals surface area contributed by atoms with Crippen molar-refractivity contribution in [3.05, 3.63) is 35.9 Å². The van der Waals surface area contributed by atoms with Crippen molar-refractivity contribution in [2.75, 3.05) is 13.7 Å². The van der Waals surface area contributed by atoms with Crippen molar-refractivity contribution in [1.29, 1.82) is 0 Å². The molecule has 1 unspecified atom stereocenters. The minimum absolute atomic E-state index is 0.0740. The molecule has 0 aromatic heterocycles. The number of carbonyl (C=O) groups excluding carboxylic acids is 1. The van der Waals surface area contributed by atoms with Crippen LogP contribution in [0.15, 0.2) is 30.3 Å². The van der Waals surface area contributed by atoms with Crippen LogP contribution in [0, 0.1) is 5.41 Å². The number of aliphatic carboxylic acids is 1. The largest absolute Gasteiger partial charge is 0.481 e. The summed E-state index contributed by atoms with van der Waals surface area (Å²) in [5.74, 6) is -1.29. The van der Waals surface area contributed by atoms with Crippen LogP contribution in [-0.4, -0.2) is 30.7 Å². The quantitative estimate of drug-likeness (QED) is 0.800. The molecule has 1 atom stereocenters. The summed E-state index contributed by atoms with van der Waals surface area (Å²) in [6, 6.07) is 9.16. The van der Waals surface area contributed by atoms with E-state index >= 15 is 0 Å². The minimum atomic E-state index is -1.08. The molecule has 5 nitrogen and oxygen atoms in total. The maximum atomic E-state index is 12.0. The van der Waals surface area contributed by atoms with Gasteiger partial charge in [0.2, 0.25) is 5.91 Å². The number of carboxylic acids is 1. The number of carbonyl (C=O) groups is 2. The van der Waals surface area contributed by atoms with Crippen molar-refractivity contribution in [3.63, 3.8) is 0 Å². The molecule has 1 rings (SSSR count). The highest BCUT2D eigenvalue weighted by Gasteiger charge is 2.30. The Bertz CT molecular complexity index is 456. The van der Waals surface area contributed by atoms with Crippen molar-refractivity contribution in [2.45, 2.75) is 26.3 Å². The smallest absolute Gasteiger partial charge is 0.309 e. The first-order chi connectivity index (χ1) is 9.36. The summed E-state index contributed by atoms with van der Waals surface area (Å²) < 4.78 is 5.11. The molecule has 0 aliphatic rings. The second-order valence-corrected chi connectivity index (χ2v) is 5.35. The summed E-state index contributed by atoms with van der Waals surface area (Å²) >= 11 is 0. The van der Waals surface area contributed by atoms with Gasteiger partial charge in [0.1, 0.15) is 0 Å². The molecule has 0 radical (unpaired) electrons. The zero-order valence-corrected chi connectivity index (χ0v) is 12.1. The first-order valence-electron chi connectivity index (χ1n) is 6.43. The van der Waals surface area contributed by atoms with Gasteiger partial charge in [0, 0.05) is 13.5 Å². The SMILES string of the molecule is COCC(NC(=O)CC(C)(C)C(=O)O)c1ccccc1. The average molecular weight is 279 g/mol. The van der Waals surface area contributed by atoms with Crippen LogP contribution in [0.3, 0.4) is 0 Å². The molecule has 0 saturated heterocycles. The van der Waals surface area contributed by atoms with Crippen LogP contribution in [0.1, 0.15) is 31.9 Å². The predicted molar refractivity (Wildman–Crippen MR) is 75.2 cm³/mol. The van der Waals surface area contributed by atoms with Gasteiger partial charge in [-0.3, -0.25) is 9.59 Å². The van der Waals surface area contributed by atoms with Crippen molar-refractivity contribution < 1.29 is 19.4 Å². The Hall–Kier alpha value is -1.88. The lowest BCUT2D eigenvalue weighted by molar-refractivity contribution is -0.149. The molecule has 2 N–H and O–H groups in total. The maximum absolute atomic E-state index is 12.0. The number of amides is 1. The minimum Gasteiger partial charge on any atom is -0.481 e. The van der Waals surface area contributed by atoms with E-state index in [4.69, 9.17) is 9.84 Å². The zero-order valence-electron chi connectivity index (χ0n) is 12.1. The third kappa shape index (κ3) is 4.66. The second-order valence-electron chi connectivity index (χ2n) is 5.35. The molecule has 1 aromatic rings. The lowest BCUT2D eigenvalue weighted by Gasteiger charge is -2.22. The molecule has 5 heteroatoms. The second kappa shape index (κ2) is 7.05. The van der Waals surface area contributed by atoms with Crippen LogP contribution >= 0.6 is 0 Å². The van der Waals surface area contributed by atoms with E-state index in [1.54, 1.807) is 7.11 Å². The van der Waals surface area contributed by atoms with Gasteiger partial charge >= 0.3 is 5.97 Å². The topological polar surface area (TPSA) is 75.6 Å². The van der Waals surface area contributed by atoms with E-state index in [-0.39, 0.29) is 18.4 Å². The highest BCUT2D eigenvalue weighted by atomic mass is 16.5.